The van der Waals surface area contributed by atoms with Crippen LogP contribution in [0.25, 0.3) is 0 Å². The normalized spacial score (nSPS) is 10.2. The molecule has 2 rings (SSSR count). The Bertz CT molecular complexity index is 729. The highest BCUT2D eigenvalue weighted by Crippen LogP contribution is 2.13. The third-order valence-electron chi connectivity index (χ3n) is 3.60. The van der Waals surface area contributed by atoms with Gasteiger partial charge in [0.05, 0.1) is 0 Å². The zero-order valence-electron chi connectivity index (χ0n) is 15.1. The molecule has 0 aromatic heterocycles. The minimum atomic E-state index is -0.261. The molecular weight excluding hydrogens is 332 g/mol. The summed E-state index contributed by atoms with van der Waals surface area (Å²) in [6.45, 7) is 3.05. The summed E-state index contributed by atoms with van der Waals surface area (Å²) in [5, 5.41) is 5.55. The maximum atomic E-state index is 12.0. The van der Waals surface area contributed by atoms with E-state index in [0.29, 0.717) is 30.2 Å². The lowest BCUT2D eigenvalue weighted by Crippen LogP contribution is -2.25. The van der Waals surface area contributed by atoms with Crippen LogP contribution in [0.15, 0.2) is 48.5 Å². The first-order valence-electron chi connectivity index (χ1n) is 8.45. The average Bonchev–Trinajstić information content (AvgIpc) is 2.64. The van der Waals surface area contributed by atoms with Crippen molar-refractivity contribution >= 4 is 17.5 Å². The van der Waals surface area contributed by atoms with Gasteiger partial charge in [0.2, 0.25) is 0 Å². The second kappa shape index (κ2) is 10.2. The maximum Gasteiger partial charge on any atom is 0.262 e. The van der Waals surface area contributed by atoms with E-state index in [2.05, 4.69) is 10.6 Å². The lowest BCUT2D eigenvalue weighted by molar-refractivity contribution is -0.118. The second-order valence-electron chi connectivity index (χ2n) is 5.83. The number of amides is 2. The number of carbonyl (C=O) groups excluding carboxylic acids is 2. The van der Waals surface area contributed by atoms with Crippen LogP contribution in [0.5, 0.6) is 5.75 Å². The van der Waals surface area contributed by atoms with Gasteiger partial charge in [0, 0.05) is 31.5 Å². The minimum Gasteiger partial charge on any atom is -0.484 e. The number of ether oxygens (including phenoxy) is 2. The molecule has 0 atom stereocenters. The predicted octanol–water partition coefficient (Wildman–Crippen LogP) is 2.78. The Morgan fingerprint density at radius 1 is 1.08 bits per heavy atom. The van der Waals surface area contributed by atoms with Gasteiger partial charge in [-0.05, 0) is 55.3 Å². The Kier molecular flexibility index (Phi) is 7.64. The van der Waals surface area contributed by atoms with Crippen molar-refractivity contribution in [2.24, 2.45) is 0 Å². The number of benzene rings is 2. The van der Waals surface area contributed by atoms with Crippen molar-refractivity contribution in [3.05, 3.63) is 59.7 Å². The fourth-order valence-corrected chi connectivity index (χ4v) is 2.28. The maximum absolute atomic E-state index is 12.0. The molecule has 0 bridgehead atoms. The van der Waals surface area contributed by atoms with Gasteiger partial charge in [-0.3, -0.25) is 9.59 Å². The smallest absolute Gasteiger partial charge is 0.262 e. The van der Waals surface area contributed by atoms with Gasteiger partial charge < -0.3 is 20.1 Å². The highest BCUT2D eigenvalue weighted by Gasteiger charge is 2.07. The third-order valence-corrected chi connectivity index (χ3v) is 3.60. The van der Waals surface area contributed by atoms with Crippen LogP contribution < -0.4 is 15.4 Å². The standard InChI is InChI=1S/C20H24N2O4/c1-15-5-3-6-18(13-15)26-14-19(23)22-17-9-7-16(8-10-17)20(24)21-11-4-12-25-2/h3,5-10,13H,4,11-12,14H2,1-2H3,(H,21,24)(H,22,23). The Balaban J connectivity index is 1.78. The van der Waals surface area contributed by atoms with Gasteiger partial charge in [0.15, 0.2) is 6.61 Å². The monoisotopic (exact) mass is 356 g/mol. The number of rotatable bonds is 9. The van der Waals surface area contributed by atoms with Crippen molar-refractivity contribution in [3.63, 3.8) is 0 Å². The molecule has 0 fully saturated rings. The molecule has 2 aromatic rings. The lowest BCUT2D eigenvalue weighted by atomic mass is 10.2. The molecule has 0 radical (unpaired) electrons. The van der Waals surface area contributed by atoms with E-state index in [9.17, 15) is 9.59 Å². The molecule has 2 N–H and O–H groups in total. The Morgan fingerprint density at radius 2 is 1.85 bits per heavy atom. The van der Waals surface area contributed by atoms with Crippen LogP contribution in [-0.4, -0.2) is 38.7 Å². The zero-order chi connectivity index (χ0) is 18.8. The molecule has 26 heavy (non-hydrogen) atoms. The molecule has 0 saturated carbocycles. The number of anilines is 1. The van der Waals surface area contributed by atoms with Gasteiger partial charge in [-0.15, -0.1) is 0 Å². The largest absolute Gasteiger partial charge is 0.484 e. The summed E-state index contributed by atoms with van der Waals surface area (Å²) in [5.74, 6) is 0.241. The number of hydrogen-bond acceptors (Lipinski definition) is 4. The summed E-state index contributed by atoms with van der Waals surface area (Å²) < 4.78 is 10.4. The van der Waals surface area contributed by atoms with Crippen LogP contribution in [0, 0.1) is 6.92 Å². The summed E-state index contributed by atoms with van der Waals surface area (Å²) >= 11 is 0. The van der Waals surface area contributed by atoms with Crippen LogP contribution in [0.4, 0.5) is 5.69 Å². The van der Waals surface area contributed by atoms with Crippen LogP contribution in [0.3, 0.4) is 0 Å². The van der Waals surface area contributed by atoms with Gasteiger partial charge in [0.25, 0.3) is 11.8 Å². The summed E-state index contributed by atoms with van der Waals surface area (Å²) in [5.41, 5.74) is 2.22. The first kappa shape index (κ1) is 19.5. The molecule has 0 unspecified atom stereocenters. The molecule has 138 valence electrons. The average molecular weight is 356 g/mol. The molecule has 0 aliphatic carbocycles. The topological polar surface area (TPSA) is 76.7 Å². The fourth-order valence-electron chi connectivity index (χ4n) is 2.28. The van der Waals surface area contributed by atoms with Crippen molar-refractivity contribution < 1.29 is 19.1 Å². The SMILES string of the molecule is COCCCNC(=O)c1ccc(NC(=O)COc2cccc(C)c2)cc1. The van der Waals surface area contributed by atoms with Crippen molar-refractivity contribution in [2.75, 3.05) is 32.2 Å². The van der Waals surface area contributed by atoms with Crippen LogP contribution in [-0.2, 0) is 9.53 Å². The predicted molar refractivity (Wildman–Crippen MR) is 101 cm³/mol. The van der Waals surface area contributed by atoms with E-state index in [1.807, 2.05) is 25.1 Å². The van der Waals surface area contributed by atoms with E-state index in [4.69, 9.17) is 9.47 Å². The summed E-state index contributed by atoms with van der Waals surface area (Å²) in [6.07, 6.45) is 0.761. The van der Waals surface area contributed by atoms with E-state index in [1.54, 1.807) is 37.4 Å². The summed E-state index contributed by atoms with van der Waals surface area (Å²) in [6, 6.07) is 14.2. The molecule has 0 spiro atoms. The lowest BCUT2D eigenvalue weighted by Gasteiger charge is -2.09. The first-order valence-corrected chi connectivity index (χ1v) is 8.45. The van der Waals surface area contributed by atoms with Crippen molar-refractivity contribution in [2.45, 2.75) is 13.3 Å². The first-order chi connectivity index (χ1) is 12.6. The summed E-state index contributed by atoms with van der Waals surface area (Å²) in [4.78, 5) is 23.9. The molecular formula is C20H24N2O4. The number of nitrogens with one attached hydrogen (secondary N) is 2. The Morgan fingerprint density at radius 3 is 2.54 bits per heavy atom. The van der Waals surface area contributed by atoms with Gasteiger partial charge in [-0.2, -0.15) is 0 Å². The highest BCUT2D eigenvalue weighted by atomic mass is 16.5. The van der Waals surface area contributed by atoms with E-state index in [-0.39, 0.29) is 18.4 Å². The third kappa shape index (κ3) is 6.57. The molecule has 2 amide bonds. The van der Waals surface area contributed by atoms with Crippen LogP contribution >= 0.6 is 0 Å². The molecule has 0 heterocycles. The fraction of sp³-hybridized carbons (Fsp3) is 0.300. The van der Waals surface area contributed by atoms with E-state index in [1.165, 1.54) is 0 Å². The van der Waals surface area contributed by atoms with E-state index in [0.717, 1.165) is 12.0 Å². The minimum absolute atomic E-state index is 0.0782. The molecule has 6 heteroatoms. The highest BCUT2D eigenvalue weighted by molar-refractivity contribution is 5.96. The van der Waals surface area contributed by atoms with Crippen molar-refractivity contribution in [1.82, 2.24) is 5.32 Å². The van der Waals surface area contributed by atoms with Crippen molar-refractivity contribution in [1.29, 1.82) is 0 Å². The van der Waals surface area contributed by atoms with Crippen LogP contribution in [0.2, 0.25) is 0 Å². The molecule has 0 saturated heterocycles. The molecule has 0 aliphatic heterocycles. The number of hydrogen-bond donors (Lipinski definition) is 2. The Hall–Kier alpha value is -2.86. The molecule has 6 nitrogen and oxygen atoms in total. The van der Waals surface area contributed by atoms with Crippen LogP contribution in [0.1, 0.15) is 22.3 Å². The number of carbonyl (C=O) groups is 2. The van der Waals surface area contributed by atoms with Crippen molar-refractivity contribution in [3.8, 4) is 5.75 Å². The van der Waals surface area contributed by atoms with E-state index < -0.39 is 0 Å². The quantitative estimate of drug-likeness (QED) is 0.678. The number of methoxy groups -OCH3 is 1. The van der Waals surface area contributed by atoms with Gasteiger partial charge in [0.1, 0.15) is 5.75 Å². The molecule has 2 aromatic carbocycles. The van der Waals surface area contributed by atoms with E-state index >= 15 is 0 Å². The van der Waals surface area contributed by atoms with Gasteiger partial charge in [-0.1, -0.05) is 12.1 Å². The second-order valence-corrected chi connectivity index (χ2v) is 5.83. The van der Waals surface area contributed by atoms with Gasteiger partial charge >= 0.3 is 0 Å². The zero-order valence-corrected chi connectivity index (χ0v) is 15.1. The molecule has 0 aliphatic rings. The van der Waals surface area contributed by atoms with Gasteiger partial charge in [-0.25, -0.2) is 0 Å². The number of aryl methyl sites for hydroxylation is 1. The summed E-state index contributed by atoms with van der Waals surface area (Å²) in [7, 11) is 1.63. The Labute approximate surface area is 153 Å².